The minimum absolute atomic E-state index is 0.555. The average Bonchev–Trinajstić information content (AvgIpc) is 2.87. The molecular weight excluding hydrogens is 222 g/mol. The van der Waals surface area contributed by atoms with Gasteiger partial charge < -0.3 is 15.2 Å². The normalized spacial score (nSPS) is 16.3. The van der Waals surface area contributed by atoms with Crippen molar-refractivity contribution in [1.82, 2.24) is 15.8 Å². The van der Waals surface area contributed by atoms with Gasteiger partial charge in [-0.05, 0) is 32.0 Å². The third-order valence-electron chi connectivity index (χ3n) is 2.80. The van der Waals surface area contributed by atoms with E-state index in [1.165, 1.54) is 25.7 Å². The molecule has 1 aromatic rings. The molecule has 2 N–H and O–H groups in total. The van der Waals surface area contributed by atoms with Gasteiger partial charge in [-0.3, -0.25) is 0 Å². The predicted octanol–water partition coefficient (Wildman–Crippen LogP) is 1.89. The van der Waals surface area contributed by atoms with E-state index < -0.39 is 0 Å². The number of hydrogen-bond acceptors (Lipinski definition) is 3. The van der Waals surface area contributed by atoms with Crippen molar-refractivity contribution in [2.45, 2.75) is 45.2 Å². The Balaban J connectivity index is 1.71. The van der Waals surface area contributed by atoms with Crippen molar-refractivity contribution in [3.8, 4) is 0 Å². The van der Waals surface area contributed by atoms with E-state index in [0.29, 0.717) is 17.7 Å². The lowest BCUT2D eigenvalue weighted by atomic mass is 10.3. The molecule has 2 rings (SSSR count). The van der Waals surface area contributed by atoms with Gasteiger partial charge in [-0.1, -0.05) is 18.0 Å². The van der Waals surface area contributed by atoms with Gasteiger partial charge in [0.15, 0.2) is 5.11 Å². The summed E-state index contributed by atoms with van der Waals surface area (Å²) in [6.45, 7) is 2.50. The molecule has 1 aromatic heterocycles. The summed E-state index contributed by atoms with van der Waals surface area (Å²) in [5.41, 5.74) is 0.882. The zero-order chi connectivity index (χ0) is 11.4. The van der Waals surface area contributed by atoms with Crippen LogP contribution >= 0.6 is 12.2 Å². The Morgan fingerprint density at radius 1 is 1.56 bits per heavy atom. The number of thiocarbonyl (C=S) groups is 1. The highest BCUT2D eigenvalue weighted by Crippen LogP contribution is 2.17. The summed E-state index contributed by atoms with van der Waals surface area (Å²) in [6, 6.07) is 2.46. The quantitative estimate of drug-likeness (QED) is 0.789. The van der Waals surface area contributed by atoms with Crippen LogP contribution in [0.3, 0.4) is 0 Å². The summed E-state index contributed by atoms with van der Waals surface area (Å²) in [6.07, 6.45) is 5.07. The van der Waals surface area contributed by atoms with Crippen molar-refractivity contribution in [2.24, 2.45) is 0 Å². The zero-order valence-electron chi connectivity index (χ0n) is 9.45. The highest BCUT2D eigenvalue weighted by Gasteiger charge is 2.15. The van der Waals surface area contributed by atoms with E-state index >= 15 is 0 Å². The standard InChI is InChI=1S/C11H17N3OS/c1-8-6-10(14-15-8)7-12-11(16)13-9-4-2-3-5-9/h6,9H,2-5,7H2,1H3,(H2,12,13,16). The van der Waals surface area contributed by atoms with Crippen molar-refractivity contribution in [2.75, 3.05) is 0 Å². The molecule has 1 aliphatic rings. The molecule has 0 atom stereocenters. The Labute approximate surface area is 101 Å². The van der Waals surface area contributed by atoms with Crippen LogP contribution in [0.1, 0.15) is 37.1 Å². The van der Waals surface area contributed by atoms with Gasteiger partial charge >= 0.3 is 0 Å². The maximum Gasteiger partial charge on any atom is 0.166 e. The van der Waals surface area contributed by atoms with Crippen molar-refractivity contribution in [1.29, 1.82) is 0 Å². The number of hydrogen-bond donors (Lipinski definition) is 2. The van der Waals surface area contributed by atoms with E-state index in [9.17, 15) is 0 Å². The molecule has 0 spiro atoms. The summed E-state index contributed by atoms with van der Waals surface area (Å²) < 4.78 is 4.98. The third kappa shape index (κ3) is 3.20. The van der Waals surface area contributed by atoms with Crippen LogP contribution in [-0.4, -0.2) is 16.3 Å². The van der Waals surface area contributed by atoms with Crippen LogP contribution in [0, 0.1) is 6.92 Å². The van der Waals surface area contributed by atoms with Crippen LogP contribution in [0.5, 0.6) is 0 Å². The molecule has 4 nitrogen and oxygen atoms in total. The van der Waals surface area contributed by atoms with E-state index in [1.54, 1.807) is 0 Å². The van der Waals surface area contributed by atoms with E-state index in [-0.39, 0.29) is 0 Å². The number of nitrogens with one attached hydrogen (secondary N) is 2. The first-order chi connectivity index (χ1) is 7.74. The summed E-state index contributed by atoms with van der Waals surface area (Å²) in [7, 11) is 0. The minimum atomic E-state index is 0.555. The Kier molecular flexibility index (Phi) is 3.77. The summed E-state index contributed by atoms with van der Waals surface area (Å²) in [5.74, 6) is 0.825. The van der Waals surface area contributed by atoms with Crippen LogP contribution in [0.2, 0.25) is 0 Å². The lowest BCUT2D eigenvalue weighted by Crippen LogP contribution is -2.40. The first kappa shape index (κ1) is 11.4. The van der Waals surface area contributed by atoms with Crippen LogP contribution < -0.4 is 10.6 Å². The average molecular weight is 239 g/mol. The summed E-state index contributed by atoms with van der Waals surface area (Å²) >= 11 is 5.22. The fourth-order valence-electron chi connectivity index (χ4n) is 1.98. The van der Waals surface area contributed by atoms with Crippen LogP contribution in [0.25, 0.3) is 0 Å². The van der Waals surface area contributed by atoms with E-state index in [1.807, 2.05) is 13.0 Å². The number of nitrogens with zero attached hydrogens (tertiary/aromatic N) is 1. The molecule has 16 heavy (non-hydrogen) atoms. The van der Waals surface area contributed by atoms with Gasteiger partial charge in [-0.15, -0.1) is 0 Å². The maximum atomic E-state index is 5.22. The van der Waals surface area contributed by atoms with Gasteiger partial charge in [0.1, 0.15) is 11.5 Å². The van der Waals surface area contributed by atoms with Crippen LogP contribution in [0.4, 0.5) is 0 Å². The second kappa shape index (κ2) is 5.30. The molecule has 0 radical (unpaired) electrons. The van der Waals surface area contributed by atoms with Crippen molar-refractivity contribution < 1.29 is 4.52 Å². The van der Waals surface area contributed by atoms with Gasteiger partial charge in [0.2, 0.25) is 0 Å². The van der Waals surface area contributed by atoms with Gasteiger partial charge in [0.05, 0.1) is 6.54 Å². The molecule has 0 unspecified atom stereocenters. The molecule has 1 saturated carbocycles. The Morgan fingerprint density at radius 3 is 2.94 bits per heavy atom. The first-order valence-corrected chi connectivity index (χ1v) is 6.11. The molecule has 0 aliphatic heterocycles. The topological polar surface area (TPSA) is 50.1 Å². The summed E-state index contributed by atoms with van der Waals surface area (Å²) in [4.78, 5) is 0. The predicted molar refractivity (Wildman–Crippen MR) is 66.1 cm³/mol. The Morgan fingerprint density at radius 2 is 2.31 bits per heavy atom. The van der Waals surface area contributed by atoms with Gasteiger partial charge in [-0.2, -0.15) is 0 Å². The van der Waals surface area contributed by atoms with E-state index in [4.69, 9.17) is 16.7 Å². The smallest absolute Gasteiger partial charge is 0.166 e. The highest BCUT2D eigenvalue weighted by atomic mass is 32.1. The Hall–Kier alpha value is -1.10. The maximum absolute atomic E-state index is 5.22. The highest BCUT2D eigenvalue weighted by molar-refractivity contribution is 7.80. The molecular formula is C11H17N3OS. The van der Waals surface area contributed by atoms with Gasteiger partial charge in [0, 0.05) is 12.1 Å². The first-order valence-electron chi connectivity index (χ1n) is 5.70. The number of rotatable bonds is 3. The molecule has 0 amide bonds. The van der Waals surface area contributed by atoms with E-state index in [0.717, 1.165) is 11.5 Å². The van der Waals surface area contributed by atoms with Crippen LogP contribution in [0.15, 0.2) is 10.6 Å². The van der Waals surface area contributed by atoms with Gasteiger partial charge in [-0.25, -0.2) is 0 Å². The lowest BCUT2D eigenvalue weighted by molar-refractivity contribution is 0.390. The fraction of sp³-hybridized carbons (Fsp3) is 0.636. The third-order valence-corrected chi connectivity index (χ3v) is 3.06. The molecule has 1 aliphatic carbocycles. The molecule has 0 bridgehead atoms. The molecule has 1 heterocycles. The van der Waals surface area contributed by atoms with Crippen molar-refractivity contribution in [3.63, 3.8) is 0 Å². The SMILES string of the molecule is Cc1cc(CNC(=S)NC2CCCC2)no1. The van der Waals surface area contributed by atoms with Crippen molar-refractivity contribution in [3.05, 3.63) is 17.5 Å². The van der Waals surface area contributed by atoms with Gasteiger partial charge in [0.25, 0.3) is 0 Å². The van der Waals surface area contributed by atoms with Crippen molar-refractivity contribution >= 4 is 17.3 Å². The fourth-order valence-corrected chi connectivity index (χ4v) is 2.22. The monoisotopic (exact) mass is 239 g/mol. The molecule has 0 saturated heterocycles. The largest absolute Gasteiger partial charge is 0.361 e. The second-order valence-corrected chi connectivity index (χ2v) is 4.65. The molecule has 5 heteroatoms. The zero-order valence-corrected chi connectivity index (χ0v) is 10.3. The summed E-state index contributed by atoms with van der Waals surface area (Å²) in [5, 5.41) is 11.1. The lowest BCUT2D eigenvalue weighted by Gasteiger charge is -2.14. The number of aryl methyl sites for hydroxylation is 1. The molecule has 88 valence electrons. The second-order valence-electron chi connectivity index (χ2n) is 4.24. The van der Waals surface area contributed by atoms with Crippen LogP contribution in [-0.2, 0) is 6.54 Å². The number of aromatic nitrogens is 1. The molecule has 0 aromatic carbocycles. The van der Waals surface area contributed by atoms with E-state index in [2.05, 4.69) is 15.8 Å². The molecule has 1 fully saturated rings. The Bertz CT molecular complexity index is 358. The minimum Gasteiger partial charge on any atom is -0.361 e.